The van der Waals surface area contributed by atoms with Gasteiger partial charge in [-0.1, -0.05) is 13.8 Å². The Kier molecular flexibility index (Phi) is 4.43. The molecule has 1 rings (SSSR count). The first-order valence-electron chi connectivity index (χ1n) is 5.81. The standard InChI is InChI=1S/C12H19N3O2/c1-5-9(6-2)15(4)12-13-7-10(11(16)17)8(3)14-12/h7,9H,5-6H2,1-4H3,(H,16,17). The lowest BCUT2D eigenvalue weighted by molar-refractivity contribution is 0.0695. The van der Waals surface area contributed by atoms with Gasteiger partial charge in [0.25, 0.3) is 0 Å². The number of hydrogen-bond acceptors (Lipinski definition) is 4. The first-order chi connectivity index (χ1) is 8.01. The molecule has 0 saturated carbocycles. The van der Waals surface area contributed by atoms with E-state index in [2.05, 4.69) is 23.8 Å². The van der Waals surface area contributed by atoms with Gasteiger partial charge in [0.2, 0.25) is 5.95 Å². The maximum absolute atomic E-state index is 10.9. The zero-order valence-electron chi connectivity index (χ0n) is 10.8. The van der Waals surface area contributed by atoms with Crippen molar-refractivity contribution in [1.82, 2.24) is 9.97 Å². The normalized spacial score (nSPS) is 10.6. The molecule has 1 aromatic heterocycles. The van der Waals surface area contributed by atoms with Gasteiger partial charge in [-0.15, -0.1) is 0 Å². The molecule has 0 bridgehead atoms. The van der Waals surface area contributed by atoms with Gasteiger partial charge < -0.3 is 10.0 Å². The van der Waals surface area contributed by atoms with Crippen LogP contribution in [0.3, 0.4) is 0 Å². The Morgan fingerprint density at radius 1 is 1.47 bits per heavy atom. The zero-order chi connectivity index (χ0) is 13.0. The van der Waals surface area contributed by atoms with Gasteiger partial charge in [0, 0.05) is 19.3 Å². The fourth-order valence-electron chi connectivity index (χ4n) is 1.83. The summed E-state index contributed by atoms with van der Waals surface area (Å²) in [5.41, 5.74) is 0.659. The van der Waals surface area contributed by atoms with Gasteiger partial charge >= 0.3 is 5.97 Å². The number of aryl methyl sites for hydroxylation is 1. The molecular weight excluding hydrogens is 218 g/mol. The Labute approximate surface area is 102 Å². The number of rotatable bonds is 5. The van der Waals surface area contributed by atoms with Crippen LogP contribution in [0.1, 0.15) is 42.7 Å². The zero-order valence-corrected chi connectivity index (χ0v) is 10.8. The van der Waals surface area contributed by atoms with Gasteiger partial charge in [-0.25, -0.2) is 14.8 Å². The molecule has 5 heteroatoms. The third-order valence-electron chi connectivity index (χ3n) is 3.00. The monoisotopic (exact) mass is 237 g/mol. The highest BCUT2D eigenvalue weighted by molar-refractivity contribution is 5.88. The molecule has 0 aliphatic heterocycles. The van der Waals surface area contributed by atoms with E-state index in [1.165, 1.54) is 6.20 Å². The van der Waals surface area contributed by atoms with E-state index in [9.17, 15) is 4.79 Å². The predicted octanol–water partition coefficient (Wildman–Crippen LogP) is 2.11. The molecule has 0 fully saturated rings. The molecule has 0 unspecified atom stereocenters. The van der Waals surface area contributed by atoms with Crippen LogP contribution in [-0.2, 0) is 0 Å². The lowest BCUT2D eigenvalue weighted by atomic mass is 10.1. The van der Waals surface area contributed by atoms with Crippen molar-refractivity contribution < 1.29 is 9.90 Å². The first kappa shape index (κ1) is 13.4. The lowest BCUT2D eigenvalue weighted by Crippen LogP contribution is -2.32. The third kappa shape index (κ3) is 2.93. The van der Waals surface area contributed by atoms with Gasteiger partial charge in [0.05, 0.1) is 11.3 Å². The number of aromatic nitrogens is 2. The molecule has 0 spiro atoms. The van der Waals surface area contributed by atoms with Crippen molar-refractivity contribution in [1.29, 1.82) is 0 Å². The molecule has 1 heterocycles. The van der Waals surface area contributed by atoms with Gasteiger partial charge in [-0.05, 0) is 19.8 Å². The summed E-state index contributed by atoms with van der Waals surface area (Å²) in [6.45, 7) is 5.92. The smallest absolute Gasteiger partial charge is 0.339 e. The Bertz CT molecular complexity index is 403. The fraction of sp³-hybridized carbons (Fsp3) is 0.583. The molecule has 17 heavy (non-hydrogen) atoms. The van der Waals surface area contributed by atoms with Crippen molar-refractivity contribution in [2.24, 2.45) is 0 Å². The van der Waals surface area contributed by atoms with Crippen LogP contribution in [0.25, 0.3) is 0 Å². The molecule has 0 aliphatic carbocycles. The number of hydrogen-bond donors (Lipinski definition) is 1. The van der Waals surface area contributed by atoms with E-state index >= 15 is 0 Å². The molecular formula is C12H19N3O2. The Morgan fingerprint density at radius 2 is 2.06 bits per heavy atom. The molecule has 0 aromatic carbocycles. The third-order valence-corrected chi connectivity index (χ3v) is 3.00. The van der Waals surface area contributed by atoms with Gasteiger partial charge in [0.1, 0.15) is 0 Å². The molecule has 1 aromatic rings. The first-order valence-corrected chi connectivity index (χ1v) is 5.81. The summed E-state index contributed by atoms with van der Waals surface area (Å²) in [6.07, 6.45) is 3.39. The molecule has 0 saturated heterocycles. The minimum Gasteiger partial charge on any atom is -0.478 e. The summed E-state index contributed by atoms with van der Waals surface area (Å²) >= 11 is 0. The van der Waals surface area contributed by atoms with Gasteiger partial charge in [0.15, 0.2) is 0 Å². The summed E-state index contributed by atoms with van der Waals surface area (Å²) in [5, 5.41) is 8.90. The topological polar surface area (TPSA) is 66.3 Å². The largest absolute Gasteiger partial charge is 0.478 e. The van der Waals surface area contributed by atoms with Crippen molar-refractivity contribution in [2.75, 3.05) is 11.9 Å². The highest BCUT2D eigenvalue weighted by Gasteiger charge is 2.16. The number of aromatic carboxylic acids is 1. The summed E-state index contributed by atoms with van der Waals surface area (Å²) in [4.78, 5) is 21.2. The second-order valence-electron chi connectivity index (χ2n) is 4.06. The molecule has 0 amide bonds. The summed E-state index contributed by atoms with van der Waals surface area (Å²) in [7, 11) is 1.94. The van der Waals surface area contributed by atoms with Crippen LogP contribution in [-0.4, -0.2) is 34.1 Å². The molecule has 94 valence electrons. The van der Waals surface area contributed by atoms with Crippen molar-refractivity contribution >= 4 is 11.9 Å². The van der Waals surface area contributed by atoms with Crippen LogP contribution in [0.5, 0.6) is 0 Å². The maximum atomic E-state index is 10.9. The van der Waals surface area contributed by atoms with Crippen molar-refractivity contribution in [3.8, 4) is 0 Å². The summed E-state index contributed by atoms with van der Waals surface area (Å²) < 4.78 is 0. The average molecular weight is 237 g/mol. The predicted molar refractivity (Wildman–Crippen MR) is 66.5 cm³/mol. The van der Waals surface area contributed by atoms with E-state index in [-0.39, 0.29) is 5.56 Å². The fourth-order valence-corrected chi connectivity index (χ4v) is 1.83. The van der Waals surface area contributed by atoms with E-state index in [4.69, 9.17) is 5.11 Å². The van der Waals surface area contributed by atoms with Gasteiger partial charge in [-0.2, -0.15) is 0 Å². The van der Waals surface area contributed by atoms with Crippen LogP contribution >= 0.6 is 0 Å². The van der Waals surface area contributed by atoms with Crippen LogP contribution in [0.4, 0.5) is 5.95 Å². The second kappa shape index (κ2) is 5.61. The SMILES string of the molecule is CCC(CC)N(C)c1ncc(C(=O)O)c(C)n1. The molecule has 0 radical (unpaired) electrons. The summed E-state index contributed by atoms with van der Waals surface area (Å²) in [6, 6.07) is 0.380. The highest BCUT2D eigenvalue weighted by Crippen LogP contribution is 2.15. The van der Waals surface area contributed by atoms with Crippen LogP contribution < -0.4 is 4.90 Å². The van der Waals surface area contributed by atoms with E-state index in [1.807, 2.05) is 11.9 Å². The second-order valence-corrected chi connectivity index (χ2v) is 4.06. The Morgan fingerprint density at radius 3 is 2.47 bits per heavy atom. The minimum absolute atomic E-state index is 0.159. The average Bonchev–Trinajstić information content (AvgIpc) is 2.29. The van der Waals surface area contributed by atoms with Crippen molar-refractivity contribution in [3.05, 3.63) is 17.5 Å². The van der Waals surface area contributed by atoms with E-state index in [1.54, 1.807) is 6.92 Å². The highest BCUT2D eigenvalue weighted by atomic mass is 16.4. The Hall–Kier alpha value is -1.65. The maximum Gasteiger partial charge on any atom is 0.339 e. The van der Waals surface area contributed by atoms with Crippen LogP contribution in [0.2, 0.25) is 0 Å². The molecule has 0 atom stereocenters. The van der Waals surface area contributed by atoms with Crippen molar-refractivity contribution in [3.63, 3.8) is 0 Å². The summed E-state index contributed by atoms with van der Waals surface area (Å²) in [5.74, 6) is -0.402. The van der Waals surface area contributed by atoms with E-state index < -0.39 is 5.97 Å². The quantitative estimate of drug-likeness (QED) is 0.849. The number of carboxylic acids is 1. The molecule has 1 N–H and O–H groups in total. The number of anilines is 1. The van der Waals surface area contributed by atoms with Crippen LogP contribution in [0, 0.1) is 6.92 Å². The minimum atomic E-state index is -0.987. The number of nitrogens with zero attached hydrogens (tertiary/aromatic N) is 3. The van der Waals surface area contributed by atoms with E-state index in [0.29, 0.717) is 17.7 Å². The van der Waals surface area contributed by atoms with E-state index in [0.717, 1.165) is 12.8 Å². The Balaban J connectivity index is 3.00. The number of carboxylic acid groups (broad SMARTS) is 1. The lowest BCUT2D eigenvalue weighted by Gasteiger charge is -2.26. The molecule has 5 nitrogen and oxygen atoms in total. The van der Waals surface area contributed by atoms with Crippen LogP contribution in [0.15, 0.2) is 6.20 Å². The molecule has 0 aliphatic rings. The van der Waals surface area contributed by atoms with Crippen molar-refractivity contribution in [2.45, 2.75) is 39.7 Å². The van der Waals surface area contributed by atoms with Gasteiger partial charge in [-0.3, -0.25) is 0 Å². The number of carbonyl (C=O) groups is 1.